The third-order valence-corrected chi connectivity index (χ3v) is 4.43. The number of aryl methyl sites for hydroxylation is 1. The fourth-order valence-electron chi connectivity index (χ4n) is 3.04. The zero-order chi connectivity index (χ0) is 19.3. The number of carbonyl (C=O) groups is 1. The predicted molar refractivity (Wildman–Crippen MR) is 110 cm³/mol. The first-order chi connectivity index (χ1) is 13.7. The maximum absolute atomic E-state index is 12.4. The average molecular weight is 368 g/mol. The highest BCUT2D eigenvalue weighted by molar-refractivity contribution is 6.06. The van der Waals surface area contributed by atoms with Crippen molar-refractivity contribution in [2.75, 3.05) is 0 Å². The van der Waals surface area contributed by atoms with E-state index in [1.807, 2.05) is 65.5 Å². The molecular weight excluding hydrogens is 348 g/mol. The molecule has 0 amide bonds. The molecule has 0 saturated carbocycles. The van der Waals surface area contributed by atoms with E-state index in [-0.39, 0.29) is 5.78 Å². The first kappa shape index (κ1) is 17.7. The molecule has 2 aromatic heterocycles. The number of rotatable bonds is 6. The largest absolute Gasteiger partial charge is 0.289 e. The normalized spacial score (nSPS) is 11.2. The molecule has 138 valence electrons. The molecule has 5 nitrogen and oxygen atoms in total. The van der Waals surface area contributed by atoms with Crippen LogP contribution in [0.5, 0.6) is 0 Å². The summed E-state index contributed by atoms with van der Waals surface area (Å²) in [5, 5.41) is 8.82. The van der Waals surface area contributed by atoms with Crippen LogP contribution in [0.4, 0.5) is 0 Å². The Balaban J connectivity index is 1.66. The molecular formula is C23H20N4O. The molecule has 0 fully saturated rings. The molecule has 0 radical (unpaired) electrons. The van der Waals surface area contributed by atoms with Crippen molar-refractivity contribution < 1.29 is 4.79 Å². The lowest BCUT2D eigenvalue weighted by Gasteiger charge is -2.01. The minimum absolute atomic E-state index is 0.0806. The quantitative estimate of drug-likeness (QED) is 0.378. The smallest absolute Gasteiger partial charge is 0.189 e. The topological polar surface area (TPSA) is 52.7 Å². The number of carbonyl (C=O) groups excluding carboxylic acids is 1. The minimum atomic E-state index is -0.0806. The van der Waals surface area contributed by atoms with Crippen LogP contribution in [0, 0.1) is 0 Å². The van der Waals surface area contributed by atoms with Crippen LogP contribution in [0.3, 0.4) is 0 Å². The molecule has 4 rings (SSSR count). The van der Waals surface area contributed by atoms with E-state index in [1.165, 1.54) is 5.56 Å². The van der Waals surface area contributed by atoms with Gasteiger partial charge in [-0.15, -0.1) is 0 Å². The summed E-state index contributed by atoms with van der Waals surface area (Å²) in [6, 6.07) is 20.2. The van der Waals surface area contributed by atoms with Gasteiger partial charge in [0, 0.05) is 30.6 Å². The molecule has 0 spiro atoms. The highest BCUT2D eigenvalue weighted by atomic mass is 16.1. The van der Waals surface area contributed by atoms with E-state index in [0.717, 1.165) is 16.8 Å². The summed E-state index contributed by atoms with van der Waals surface area (Å²) in [4.78, 5) is 12.4. The third-order valence-electron chi connectivity index (χ3n) is 4.43. The Hall–Kier alpha value is -3.73. The lowest BCUT2D eigenvalue weighted by Crippen LogP contribution is -1.99. The maximum Gasteiger partial charge on any atom is 0.189 e. The van der Waals surface area contributed by atoms with Gasteiger partial charge in [-0.3, -0.25) is 14.2 Å². The van der Waals surface area contributed by atoms with Gasteiger partial charge in [0.25, 0.3) is 0 Å². The van der Waals surface area contributed by atoms with Crippen molar-refractivity contribution in [3.8, 4) is 11.3 Å². The van der Waals surface area contributed by atoms with E-state index in [2.05, 4.69) is 17.2 Å². The molecule has 0 aliphatic rings. The summed E-state index contributed by atoms with van der Waals surface area (Å²) in [7, 11) is 1.79. The van der Waals surface area contributed by atoms with E-state index >= 15 is 0 Å². The monoisotopic (exact) mass is 368 g/mol. The van der Waals surface area contributed by atoms with Gasteiger partial charge in [-0.05, 0) is 17.7 Å². The summed E-state index contributed by atoms with van der Waals surface area (Å²) in [6.07, 6.45) is 8.66. The molecule has 4 aromatic rings. The SMILES string of the molecule is Cn1cc(C(=O)/C=C/c2cn(Cc3ccccc3)nc2-c2ccccc2)cn1. The van der Waals surface area contributed by atoms with E-state index in [1.54, 1.807) is 30.2 Å². The first-order valence-electron chi connectivity index (χ1n) is 9.07. The van der Waals surface area contributed by atoms with Crippen molar-refractivity contribution in [3.63, 3.8) is 0 Å². The number of aromatic nitrogens is 4. The molecule has 0 unspecified atom stereocenters. The van der Waals surface area contributed by atoms with E-state index in [4.69, 9.17) is 5.10 Å². The van der Waals surface area contributed by atoms with Crippen LogP contribution in [0.25, 0.3) is 17.3 Å². The Kier molecular flexibility index (Phi) is 4.97. The summed E-state index contributed by atoms with van der Waals surface area (Å²) >= 11 is 0. The van der Waals surface area contributed by atoms with Gasteiger partial charge < -0.3 is 0 Å². The fourth-order valence-corrected chi connectivity index (χ4v) is 3.04. The molecule has 2 heterocycles. The van der Waals surface area contributed by atoms with Crippen LogP contribution in [-0.4, -0.2) is 25.3 Å². The minimum Gasteiger partial charge on any atom is -0.289 e. The van der Waals surface area contributed by atoms with Crippen molar-refractivity contribution in [2.45, 2.75) is 6.54 Å². The van der Waals surface area contributed by atoms with E-state index in [0.29, 0.717) is 12.1 Å². The Labute approximate surface area is 163 Å². The zero-order valence-electron chi connectivity index (χ0n) is 15.6. The van der Waals surface area contributed by atoms with Crippen molar-refractivity contribution in [2.24, 2.45) is 7.05 Å². The lowest BCUT2D eigenvalue weighted by molar-refractivity contribution is 0.104. The van der Waals surface area contributed by atoms with Crippen LogP contribution < -0.4 is 0 Å². The molecule has 0 atom stereocenters. The van der Waals surface area contributed by atoms with E-state index in [9.17, 15) is 4.79 Å². The van der Waals surface area contributed by atoms with Crippen LogP contribution in [0.1, 0.15) is 21.5 Å². The summed E-state index contributed by atoms with van der Waals surface area (Å²) in [6.45, 7) is 0.672. The molecule has 0 saturated heterocycles. The highest BCUT2D eigenvalue weighted by Gasteiger charge is 2.11. The fraction of sp³-hybridized carbons (Fsp3) is 0.0870. The van der Waals surface area contributed by atoms with Crippen LogP contribution in [-0.2, 0) is 13.6 Å². The number of benzene rings is 2. The van der Waals surface area contributed by atoms with Gasteiger partial charge in [-0.2, -0.15) is 10.2 Å². The van der Waals surface area contributed by atoms with Gasteiger partial charge in [-0.25, -0.2) is 0 Å². The standard InChI is InChI=1S/C23H20N4O/c1-26-16-21(14-24-26)22(28)13-12-20-17-27(15-18-8-4-2-5-9-18)25-23(20)19-10-6-3-7-11-19/h2-14,16-17H,15H2,1H3/b13-12+. The van der Waals surface area contributed by atoms with Crippen molar-refractivity contribution in [3.05, 3.63) is 102 Å². The summed E-state index contributed by atoms with van der Waals surface area (Å²) in [5.41, 5.74) is 4.51. The second-order valence-electron chi connectivity index (χ2n) is 6.58. The number of ketones is 1. The molecule has 2 aromatic carbocycles. The Morgan fingerprint density at radius 2 is 1.71 bits per heavy atom. The molecule has 0 bridgehead atoms. The van der Waals surface area contributed by atoms with Gasteiger partial charge >= 0.3 is 0 Å². The van der Waals surface area contributed by atoms with Crippen LogP contribution in [0.2, 0.25) is 0 Å². The average Bonchev–Trinajstić information content (AvgIpc) is 3.34. The lowest BCUT2D eigenvalue weighted by atomic mass is 10.1. The van der Waals surface area contributed by atoms with Crippen molar-refractivity contribution >= 4 is 11.9 Å². The van der Waals surface area contributed by atoms with Crippen LogP contribution >= 0.6 is 0 Å². The molecule has 5 heteroatoms. The second-order valence-corrected chi connectivity index (χ2v) is 6.58. The number of allylic oxidation sites excluding steroid dienone is 1. The van der Waals surface area contributed by atoms with Gasteiger partial charge in [0.05, 0.1) is 24.0 Å². The Bertz CT molecular complexity index is 1110. The summed E-state index contributed by atoms with van der Waals surface area (Å²) in [5.74, 6) is -0.0806. The summed E-state index contributed by atoms with van der Waals surface area (Å²) < 4.78 is 3.53. The number of nitrogens with zero attached hydrogens (tertiary/aromatic N) is 4. The van der Waals surface area contributed by atoms with Gasteiger partial charge in [-0.1, -0.05) is 60.7 Å². The van der Waals surface area contributed by atoms with E-state index < -0.39 is 0 Å². The number of hydrogen-bond donors (Lipinski definition) is 0. The van der Waals surface area contributed by atoms with Crippen molar-refractivity contribution in [1.82, 2.24) is 19.6 Å². The Morgan fingerprint density at radius 3 is 2.39 bits per heavy atom. The first-order valence-corrected chi connectivity index (χ1v) is 9.07. The van der Waals surface area contributed by atoms with Gasteiger partial charge in [0.1, 0.15) is 0 Å². The molecule has 0 aliphatic carbocycles. The molecule has 0 aliphatic heterocycles. The predicted octanol–water partition coefficient (Wildman–Crippen LogP) is 4.23. The highest BCUT2D eigenvalue weighted by Crippen LogP contribution is 2.23. The molecule has 28 heavy (non-hydrogen) atoms. The zero-order valence-corrected chi connectivity index (χ0v) is 15.6. The number of hydrogen-bond acceptors (Lipinski definition) is 3. The third kappa shape index (κ3) is 3.99. The van der Waals surface area contributed by atoms with Gasteiger partial charge in [0.2, 0.25) is 0 Å². The van der Waals surface area contributed by atoms with Gasteiger partial charge in [0.15, 0.2) is 5.78 Å². The second kappa shape index (κ2) is 7.88. The van der Waals surface area contributed by atoms with Crippen molar-refractivity contribution in [1.29, 1.82) is 0 Å². The van der Waals surface area contributed by atoms with Crippen LogP contribution in [0.15, 0.2) is 85.3 Å². The maximum atomic E-state index is 12.4. The Morgan fingerprint density at radius 1 is 1.00 bits per heavy atom. The molecule has 0 N–H and O–H groups in total.